The molecule has 0 aliphatic carbocycles. The predicted octanol–water partition coefficient (Wildman–Crippen LogP) is 15.0. The van der Waals surface area contributed by atoms with Crippen molar-refractivity contribution in [3.8, 4) is 22.6 Å². The van der Waals surface area contributed by atoms with Crippen LogP contribution in [0.3, 0.4) is 0 Å². The van der Waals surface area contributed by atoms with Gasteiger partial charge in [0.15, 0.2) is 0 Å². The Hall–Kier alpha value is -5.99. The molecule has 0 spiro atoms. The Morgan fingerprint density at radius 2 is 0.797 bits per heavy atom. The van der Waals surface area contributed by atoms with Gasteiger partial charge >= 0.3 is 27.0 Å². The van der Waals surface area contributed by atoms with E-state index in [2.05, 4.69) is 231 Å². The van der Waals surface area contributed by atoms with Crippen molar-refractivity contribution >= 4 is 78.9 Å². The predicted molar refractivity (Wildman–Crippen MR) is 341 cm³/mol. The van der Waals surface area contributed by atoms with Crippen LogP contribution in [-0.2, 0) is 22.9 Å². The Morgan fingerprint density at radius 1 is 0.456 bits per heavy atom. The molecule has 0 amide bonds. The van der Waals surface area contributed by atoms with Crippen LogP contribution in [0, 0.1) is 67.4 Å². The number of hydrogen-bond acceptors (Lipinski definition) is 4. The molecule has 0 heterocycles. The van der Waals surface area contributed by atoms with Crippen LogP contribution in [0.1, 0.15) is 69.5 Å². The minimum atomic E-state index is -0.937. The van der Waals surface area contributed by atoms with E-state index in [4.69, 9.17) is 20.9 Å². The molecular formula is C71H73ClN2O2P2Ru+2. The molecule has 2 atom stereocenters. The molecule has 0 aliphatic heterocycles. The summed E-state index contributed by atoms with van der Waals surface area (Å²) >= 11 is 1.82. The zero-order valence-electron chi connectivity index (χ0n) is 47.6. The van der Waals surface area contributed by atoms with Crippen LogP contribution in [0.5, 0.6) is 11.5 Å². The number of rotatable bonds is 13. The topological polar surface area (TPSA) is 70.5 Å². The molecule has 0 aliphatic rings. The van der Waals surface area contributed by atoms with Gasteiger partial charge in [-0.2, -0.15) is 12.1 Å². The van der Waals surface area contributed by atoms with Gasteiger partial charge in [-0.15, -0.1) is 17.7 Å². The second-order valence-electron chi connectivity index (χ2n) is 21.4. The van der Waals surface area contributed by atoms with Gasteiger partial charge < -0.3 is 20.9 Å². The van der Waals surface area contributed by atoms with Crippen molar-refractivity contribution in [3.63, 3.8) is 0 Å². The molecule has 0 saturated carbocycles. The Kier molecular flexibility index (Phi) is 19.5. The van der Waals surface area contributed by atoms with Crippen molar-refractivity contribution < 1.29 is 26.8 Å². The molecule has 10 rings (SSSR count). The molecule has 8 heteroatoms. The zero-order chi connectivity index (χ0) is 56.7. The number of aryl methyl sites for hydroxylation is 8. The summed E-state index contributed by atoms with van der Waals surface area (Å²) in [5, 5.41) is 13.6. The van der Waals surface area contributed by atoms with E-state index in [1.54, 1.807) is 20.3 Å². The number of nitrogens with two attached hydrogens (primary N) is 2. The molecule has 4 nitrogen and oxygen atoms in total. The number of ether oxygens (including phenoxy) is 2. The van der Waals surface area contributed by atoms with E-state index in [0.29, 0.717) is 0 Å². The second kappa shape index (κ2) is 26.1. The average molecular weight is 1180 g/mol. The van der Waals surface area contributed by atoms with Crippen LogP contribution < -0.4 is 52.8 Å². The summed E-state index contributed by atoms with van der Waals surface area (Å²) in [7, 11) is 5.96. The standard InChI is InChI=1S/C52H48P2.C19H25N2O2.ClH.Ru/c1-33-21-34(2)26-43(25-33)53(44-27-35(3)22-36(4)28-44)49-19-17-41-13-9-11-15-47(41)51(49)52-48-16-12-10-14-42(48)18-20-50(52)54(45-29-37(5)23-38(6)30-45)46-31-39(7)24-40(8)32-46;1-13(2)18(20)19(21,14-5-9-16(22-3)10-6-14)15-7-11-17(23-4)12-8-15;;/h9-32H,1-8H3;5-7,9-13,18H,20-21H2,1-4H3;1H;/q;-1;;+4/p-1/t;18-,19?;;/m.1../s1. The molecular weight excluding hydrogens is 1110 g/mol. The molecule has 10 aromatic rings. The zero-order valence-corrected chi connectivity index (χ0v) is 51.9. The van der Waals surface area contributed by atoms with Crippen LogP contribution in [0.25, 0.3) is 32.7 Å². The summed E-state index contributed by atoms with van der Waals surface area (Å²) < 4.78 is 10.4. The Balaban J connectivity index is 0.000000275. The van der Waals surface area contributed by atoms with Crippen molar-refractivity contribution in [1.29, 1.82) is 0 Å². The molecule has 0 aromatic heterocycles. The normalized spacial score (nSPS) is 12.4. The number of hydrogen-bond donors (Lipinski definition) is 2. The van der Waals surface area contributed by atoms with Gasteiger partial charge in [-0.3, -0.25) is 0 Å². The van der Waals surface area contributed by atoms with Crippen LogP contribution in [0.4, 0.5) is 0 Å². The summed E-state index contributed by atoms with van der Waals surface area (Å²) in [6.07, 6.45) is 0. The number of benzene rings is 10. The van der Waals surface area contributed by atoms with Gasteiger partial charge in [0.1, 0.15) is 5.75 Å². The Labute approximate surface area is 487 Å². The second-order valence-corrected chi connectivity index (χ2v) is 25.8. The number of fused-ring (bicyclic) bond motifs is 2. The van der Waals surface area contributed by atoms with Gasteiger partial charge in [0.05, 0.1) is 19.8 Å². The summed E-state index contributed by atoms with van der Waals surface area (Å²) in [5.74, 6) is 1.73. The van der Waals surface area contributed by atoms with Crippen molar-refractivity contribution in [2.75, 3.05) is 14.2 Å². The molecule has 402 valence electrons. The summed E-state index contributed by atoms with van der Waals surface area (Å²) in [6, 6.07) is 72.9. The summed E-state index contributed by atoms with van der Waals surface area (Å²) in [4.78, 5) is 0. The molecule has 0 bridgehead atoms. The van der Waals surface area contributed by atoms with E-state index < -0.39 is 21.4 Å². The Bertz CT molecular complexity index is 3330. The van der Waals surface area contributed by atoms with Crippen LogP contribution >= 0.6 is 25.5 Å². The molecule has 79 heavy (non-hydrogen) atoms. The molecule has 4 N–H and O–H groups in total. The monoisotopic (exact) mass is 1180 g/mol. The number of halogens is 1. The minimum absolute atomic E-state index is 0.206. The fraction of sp³-hybridized carbons (Fsp3) is 0.211. The van der Waals surface area contributed by atoms with E-state index in [0.717, 1.165) is 22.6 Å². The summed E-state index contributed by atoms with van der Waals surface area (Å²) in [5.41, 5.74) is 27.5. The van der Waals surface area contributed by atoms with Gasteiger partial charge in [0, 0.05) is 11.8 Å². The quantitative estimate of drug-likeness (QED) is 0.0686. The van der Waals surface area contributed by atoms with Gasteiger partial charge in [-0.1, -0.05) is 216 Å². The van der Waals surface area contributed by atoms with Gasteiger partial charge in [0.25, 0.3) is 0 Å². The third-order valence-electron chi connectivity index (χ3n) is 14.7. The third-order valence-corrected chi connectivity index (χ3v) is 19.5. The molecule has 0 saturated heterocycles. The molecule has 1 unspecified atom stereocenters. The van der Waals surface area contributed by atoms with Gasteiger partial charge in [-0.25, -0.2) is 0 Å². The maximum atomic E-state index is 6.83. The van der Waals surface area contributed by atoms with Crippen LogP contribution in [0.2, 0.25) is 0 Å². The first kappa shape index (κ1) is 59.1. The van der Waals surface area contributed by atoms with Crippen molar-refractivity contribution in [2.45, 2.75) is 80.8 Å². The molecule has 0 fully saturated rings. The van der Waals surface area contributed by atoms with E-state index in [1.165, 1.54) is 109 Å². The van der Waals surface area contributed by atoms with E-state index in [1.807, 2.05) is 53.7 Å². The average Bonchev–Trinajstić information content (AvgIpc) is 3.63. The fourth-order valence-corrected chi connectivity index (χ4v) is 17.0. The van der Waals surface area contributed by atoms with E-state index >= 15 is 0 Å². The van der Waals surface area contributed by atoms with Crippen molar-refractivity contribution in [2.24, 2.45) is 17.4 Å². The third kappa shape index (κ3) is 13.1. The summed E-state index contributed by atoms with van der Waals surface area (Å²) in [6.45, 7) is 22.1. The SMILES string of the molecule is COc1c[c-]c(C(N)(c2ccc(OC)cc2)[C@H](N)C(C)C)cc1.Cc1cc(C)cc(P(c2cc(C)cc(C)c2)c2ccc3ccccc3c2-c2c(P(c3cc(C)cc(C)c3)c3cc(C)cc(C)c3)ccc3ccccc23)c1.[Cl][Ru+3]. The van der Waals surface area contributed by atoms with E-state index in [-0.39, 0.29) is 12.0 Å². The Morgan fingerprint density at radius 3 is 1.11 bits per heavy atom. The fourth-order valence-electron chi connectivity index (χ4n) is 11.3. The van der Waals surface area contributed by atoms with E-state index in [9.17, 15) is 0 Å². The first-order valence-corrected chi connectivity index (χ1v) is 31.7. The molecule has 0 radical (unpaired) electrons. The first-order chi connectivity index (χ1) is 37.9. The van der Waals surface area contributed by atoms with Crippen molar-refractivity contribution in [1.82, 2.24) is 0 Å². The first-order valence-electron chi connectivity index (χ1n) is 26.8. The van der Waals surface area contributed by atoms with Crippen LogP contribution in [-0.4, -0.2) is 20.3 Å². The van der Waals surface area contributed by atoms with Gasteiger partial charge in [-0.05, 0) is 159 Å². The number of methoxy groups -OCH3 is 2. The maximum absolute atomic E-state index is 6.83. The van der Waals surface area contributed by atoms with Crippen LogP contribution in [0.15, 0.2) is 188 Å². The van der Waals surface area contributed by atoms with Gasteiger partial charge in [0.2, 0.25) is 0 Å². The van der Waals surface area contributed by atoms with Crippen molar-refractivity contribution in [3.05, 3.63) is 250 Å². The molecule has 10 aromatic carbocycles.